The van der Waals surface area contributed by atoms with Crippen LogP contribution in [0.2, 0.25) is 0 Å². The molecule has 1 aromatic rings. The summed E-state index contributed by atoms with van der Waals surface area (Å²) in [6, 6.07) is 0.449. The Morgan fingerprint density at radius 2 is 2.09 bits per heavy atom. The smallest absolute Gasteiger partial charge is 0.223 e. The van der Waals surface area contributed by atoms with Gasteiger partial charge in [0.05, 0.1) is 17.4 Å². The first-order valence-corrected chi connectivity index (χ1v) is 8.52. The number of likely N-dealkylation sites (N-methyl/N-ethyl adjacent to an activating group) is 1. The van der Waals surface area contributed by atoms with Gasteiger partial charge in [-0.3, -0.25) is 9.69 Å². The fourth-order valence-electron chi connectivity index (χ4n) is 2.75. The van der Waals surface area contributed by atoms with Crippen LogP contribution in [0.15, 0.2) is 0 Å². The van der Waals surface area contributed by atoms with Crippen molar-refractivity contribution in [3.63, 3.8) is 0 Å². The van der Waals surface area contributed by atoms with Crippen molar-refractivity contribution in [1.29, 1.82) is 0 Å². The molecule has 1 saturated carbocycles. The minimum absolute atomic E-state index is 0.0805. The summed E-state index contributed by atoms with van der Waals surface area (Å²) in [4.78, 5) is 19.1. The zero-order valence-corrected chi connectivity index (χ0v) is 15.4. The highest BCUT2D eigenvalue weighted by molar-refractivity contribution is 7.15. The molecule has 1 aliphatic rings. The van der Waals surface area contributed by atoms with Crippen molar-refractivity contribution in [2.45, 2.75) is 65.8 Å². The van der Waals surface area contributed by atoms with Crippen molar-refractivity contribution in [2.24, 2.45) is 5.92 Å². The zero-order valence-electron chi connectivity index (χ0n) is 14.6. The van der Waals surface area contributed by atoms with Crippen molar-refractivity contribution in [3.05, 3.63) is 10.6 Å². The average molecular weight is 325 g/mol. The second-order valence-electron chi connectivity index (χ2n) is 7.17. The van der Waals surface area contributed by atoms with Gasteiger partial charge in [-0.05, 0) is 34.7 Å². The monoisotopic (exact) mass is 325 g/mol. The van der Waals surface area contributed by atoms with E-state index in [4.69, 9.17) is 4.74 Å². The minimum atomic E-state index is -0.104. The first kappa shape index (κ1) is 17.4. The molecule has 1 aliphatic carbocycles. The molecule has 6 heteroatoms. The van der Waals surface area contributed by atoms with E-state index < -0.39 is 0 Å². The number of aromatic nitrogens is 1. The number of ether oxygens (including phenoxy) is 1. The van der Waals surface area contributed by atoms with E-state index in [-0.39, 0.29) is 11.5 Å². The van der Waals surface area contributed by atoms with E-state index in [1.807, 2.05) is 6.92 Å². The lowest BCUT2D eigenvalue weighted by molar-refractivity contribution is -0.114. The molecule has 0 aliphatic heterocycles. The van der Waals surface area contributed by atoms with Gasteiger partial charge in [0.15, 0.2) is 5.13 Å². The van der Waals surface area contributed by atoms with Gasteiger partial charge in [-0.25, -0.2) is 4.98 Å². The summed E-state index contributed by atoms with van der Waals surface area (Å²) in [7, 11) is 2.13. The average Bonchev–Trinajstić information content (AvgIpc) is 2.80. The van der Waals surface area contributed by atoms with Crippen LogP contribution in [-0.4, -0.2) is 40.6 Å². The third-order valence-electron chi connectivity index (χ3n) is 3.82. The summed E-state index contributed by atoms with van der Waals surface area (Å²) < 4.78 is 6.11. The second kappa shape index (κ2) is 6.26. The summed E-state index contributed by atoms with van der Waals surface area (Å²) in [6.07, 6.45) is 0.299. The van der Waals surface area contributed by atoms with Crippen LogP contribution in [0.4, 0.5) is 5.13 Å². The van der Waals surface area contributed by atoms with Gasteiger partial charge in [0, 0.05) is 30.3 Å². The van der Waals surface area contributed by atoms with Crippen molar-refractivity contribution in [1.82, 2.24) is 9.88 Å². The number of aryl methyl sites for hydroxylation is 1. The Morgan fingerprint density at radius 3 is 2.64 bits per heavy atom. The highest BCUT2D eigenvalue weighted by Crippen LogP contribution is 2.41. The predicted molar refractivity (Wildman–Crippen MR) is 90.2 cm³/mol. The van der Waals surface area contributed by atoms with Gasteiger partial charge in [-0.1, -0.05) is 6.92 Å². The first-order valence-electron chi connectivity index (χ1n) is 7.70. The van der Waals surface area contributed by atoms with Gasteiger partial charge in [-0.2, -0.15) is 0 Å². The van der Waals surface area contributed by atoms with Crippen LogP contribution in [0.1, 0.15) is 45.2 Å². The number of nitrogens with one attached hydrogen (secondary N) is 1. The standard InChI is InChI=1S/C16H27N3O2S/c1-9-13(14(9)21-16(4,5)6)19(7)8-12-10(2)17-15(22-12)18-11(3)20/h9,13-14H,8H2,1-7H3,(H,17,18,20). The highest BCUT2D eigenvalue weighted by Gasteiger charge is 2.52. The molecule has 124 valence electrons. The van der Waals surface area contributed by atoms with E-state index in [9.17, 15) is 4.79 Å². The van der Waals surface area contributed by atoms with Gasteiger partial charge in [0.25, 0.3) is 0 Å². The maximum atomic E-state index is 11.1. The number of hydrogen-bond acceptors (Lipinski definition) is 5. The van der Waals surface area contributed by atoms with E-state index in [0.717, 1.165) is 12.2 Å². The number of nitrogens with zero attached hydrogens (tertiary/aromatic N) is 2. The van der Waals surface area contributed by atoms with Crippen molar-refractivity contribution in [2.75, 3.05) is 12.4 Å². The zero-order chi connectivity index (χ0) is 16.7. The molecule has 3 atom stereocenters. The Balaban J connectivity index is 1.97. The fraction of sp³-hybridized carbons (Fsp3) is 0.750. The Bertz CT molecular complexity index is 550. The molecule has 0 spiro atoms. The number of carbonyl (C=O) groups is 1. The van der Waals surface area contributed by atoms with Gasteiger partial charge in [0.1, 0.15) is 0 Å². The topological polar surface area (TPSA) is 54.5 Å². The Kier molecular flexibility index (Phi) is 4.94. The summed E-state index contributed by atoms with van der Waals surface area (Å²) >= 11 is 1.55. The maximum Gasteiger partial charge on any atom is 0.223 e. The van der Waals surface area contributed by atoms with E-state index in [1.165, 1.54) is 11.8 Å². The molecule has 1 amide bonds. The van der Waals surface area contributed by atoms with Crippen molar-refractivity contribution in [3.8, 4) is 0 Å². The first-order chi connectivity index (χ1) is 10.1. The quantitative estimate of drug-likeness (QED) is 0.904. The molecular formula is C16H27N3O2S. The van der Waals surface area contributed by atoms with Crippen LogP contribution in [0.5, 0.6) is 0 Å². The molecule has 0 bridgehead atoms. The number of rotatable bonds is 5. The molecule has 22 heavy (non-hydrogen) atoms. The van der Waals surface area contributed by atoms with E-state index in [0.29, 0.717) is 23.2 Å². The number of hydrogen-bond donors (Lipinski definition) is 1. The van der Waals surface area contributed by atoms with Crippen LogP contribution >= 0.6 is 11.3 Å². The predicted octanol–water partition coefficient (Wildman–Crippen LogP) is 3.04. The number of carbonyl (C=O) groups excluding carboxylic acids is 1. The third-order valence-corrected chi connectivity index (χ3v) is 4.88. The van der Waals surface area contributed by atoms with Crippen molar-refractivity contribution >= 4 is 22.4 Å². The fourth-order valence-corrected chi connectivity index (χ4v) is 3.83. The Labute approximate surface area is 137 Å². The van der Waals surface area contributed by atoms with Crippen LogP contribution in [0.25, 0.3) is 0 Å². The van der Waals surface area contributed by atoms with Gasteiger partial charge in [0.2, 0.25) is 5.91 Å². The third kappa shape index (κ3) is 4.27. The molecule has 1 fully saturated rings. The molecule has 0 aromatic carbocycles. The maximum absolute atomic E-state index is 11.1. The molecule has 3 unspecified atom stereocenters. The van der Waals surface area contributed by atoms with Crippen molar-refractivity contribution < 1.29 is 9.53 Å². The van der Waals surface area contributed by atoms with Gasteiger partial charge in [-0.15, -0.1) is 11.3 Å². The van der Waals surface area contributed by atoms with Gasteiger partial charge >= 0.3 is 0 Å². The largest absolute Gasteiger partial charge is 0.371 e. The SMILES string of the molecule is CC(=O)Nc1nc(C)c(CN(C)C2C(C)C2OC(C)(C)C)s1. The second-order valence-corrected chi connectivity index (χ2v) is 8.25. The molecular weight excluding hydrogens is 298 g/mol. The number of thiazole rings is 1. The Morgan fingerprint density at radius 1 is 1.45 bits per heavy atom. The van der Waals surface area contributed by atoms with Crippen LogP contribution in [0.3, 0.4) is 0 Å². The molecule has 1 heterocycles. The minimum Gasteiger partial charge on any atom is -0.371 e. The lowest BCUT2D eigenvalue weighted by atomic mass is 10.2. The van der Waals surface area contributed by atoms with E-state index in [2.05, 4.69) is 49.9 Å². The van der Waals surface area contributed by atoms with E-state index >= 15 is 0 Å². The van der Waals surface area contributed by atoms with Crippen LogP contribution in [-0.2, 0) is 16.1 Å². The summed E-state index contributed by atoms with van der Waals surface area (Å²) in [5.74, 6) is 0.468. The molecule has 1 N–H and O–H groups in total. The summed E-state index contributed by atoms with van der Waals surface area (Å²) in [5.41, 5.74) is 0.884. The molecule has 0 saturated heterocycles. The molecule has 1 aromatic heterocycles. The highest BCUT2D eigenvalue weighted by atomic mass is 32.1. The Hall–Kier alpha value is -0.980. The van der Waals surface area contributed by atoms with Crippen LogP contribution < -0.4 is 5.32 Å². The van der Waals surface area contributed by atoms with Crippen LogP contribution in [0, 0.1) is 12.8 Å². The summed E-state index contributed by atoms with van der Waals surface area (Å²) in [5, 5.41) is 3.44. The lowest BCUT2D eigenvalue weighted by Crippen LogP contribution is -2.28. The summed E-state index contributed by atoms with van der Waals surface area (Å²) in [6.45, 7) is 12.9. The number of anilines is 1. The normalized spacial score (nSPS) is 24.6. The van der Waals surface area contributed by atoms with E-state index in [1.54, 1.807) is 11.3 Å². The number of amides is 1. The van der Waals surface area contributed by atoms with Gasteiger partial charge < -0.3 is 10.1 Å². The molecule has 2 rings (SSSR count). The molecule has 0 radical (unpaired) electrons. The molecule has 5 nitrogen and oxygen atoms in total. The lowest BCUT2D eigenvalue weighted by Gasteiger charge is -2.22.